The van der Waals surface area contributed by atoms with Crippen LogP contribution in [0.2, 0.25) is 0 Å². The van der Waals surface area contributed by atoms with E-state index in [9.17, 15) is 9.59 Å². The summed E-state index contributed by atoms with van der Waals surface area (Å²) in [6.07, 6.45) is 2.98. The van der Waals surface area contributed by atoms with Gasteiger partial charge in [0.05, 0.1) is 6.26 Å². The number of hydrogen-bond donors (Lipinski definition) is 2. The van der Waals surface area contributed by atoms with Gasteiger partial charge >= 0.3 is 0 Å². The van der Waals surface area contributed by atoms with Crippen molar-refractivity contribution in [3.8, 4) is 17.2 Å². The lowest BCUT2D eigenvalue weighted by Crippen LogP contribution is -2.31. The minimum absolute atomic E-state index is 0.149. The summed E-state index contributed by atoms with van der Waals surface area (Å²) >= 11 is 0. The van der Waals surface area contributed by atoms with Gasteiger partial charge in [0.2, 0.25) is 11.8 Å². The predicted octanol–water partition coefficient (Wildman–Crippen LogP) is 3.24. The van der Waals surface area contributed by atoms with Crippen LogP contribution in [-0.2, 0) is 16.0 Å². The quantitative estimate of drug-likeness (QED) is 0.742. The Balaban J connectivity index is 1.46. The molecular formula is C20H17N3O4. The van der Waals surface area contributed by atoms with Crippen molar-refractivity contribution in [3.05, 3.63) is 60.5 Å². The molecule has 2 amide bonds. The van der Waals surface area contributed by atoms with E-state index in [1.54, 1.807) is 36.7 Å². The van der Waals surface area contributed by atoms with Crippen LogP contribution < -0.4 is 15.4 Å². The Hall–Kier alpha value is -3.61. The van der Waals surface area contributed by atoms with Gasteiger partial charge in [-0.15, -0.1) is 0 Å². The minimum Gasteiger partial charge on any atom is -0.464 e. The van der Waals surface area contributed by atoms with Gasteiger partial charge in [0.25, 0.3) is 5.91 Å². The van der Waals surface area contributed by atoms with E-state index in [4.69, 9.17) is 9.15 Å². The van der Waals surface area contributed by atoms with Crippen molar-refractivity contribution in [2.45, 2.75) is 19.4 Å². The second kappa shape index (κ2) is 6.95. The number of nitrogens with one attached hydrogen (secondary N) is 2. The lowest BCUT2D eigenvalue weighted by atomic mass is 10.0. The highest BCUT2D eigenvalue weighted by Crippen LogP contribution is 2.35. The molecule has 0 fully saturated rings. The molecule has 0 radical (unpaired) electrons. The van der Waals surface area contributed by atoms with Crippen molar-refractivity contribution < 1.29 is 18.7 Å². The highest BCUT2D eigenvalue weighted by Gasteiger charge is 2.32. The third-order valence-electron chi connectivity index (χ3n) is 4.21. The van der Waals surface area contributed by atoms with Gasteiger partial charge in [-0.05, 0) is 42.5 Å². The number of fused-ring (bicyclic) bond motifs is 1. The Bertz CT molecular complexity index is 981. The Morgan fingerprint density at radius 1 is 1.07 bits per heavy atom. The number of pyridine rings is 1. The number of ether oxygens (including phenoxy) is 1. The summed E-state index contributed by atoms with van der Waals surface area (Å²) in [7, 11) is 0. The van der Waals surface area contributed by atoms with E-state index in [2.05, 4.69) is 15.6 Å². The fourth-order valence-corrected chi connectivity index (χ4v) is 3.01. The van der Waals surface area contributed by atoms with Gasteiger partial charge in [-0.1, -0.05) is 0 Å². The predicted molar refractivity (Wildman–Crippen MR) is 99.4 cm³/mol. The fourth-order valence-electron chi connectivity index (χ4n) is 3.01. The topological polar surface area (TPSA) is 93.5 Å². The number of hydrogen-bond acceptors (Lipinski definition) is 5. The number of rotatable bonds is 4. The fraction of sp³-hybridized carbons (Fsp3) is 0.150. The molecule has 0 saturated carbocycles. The Kier molecular flexibility index (Phi) is 4.33. The van der Waals surface area contributed by atoms with Gasteiger partial charge in [-0.25, -0.2) is 4.98 Å². The zero-order valence-electron chi connectivity index (χ0n) is 14.6. The van der Waals surface area contributed by atoms with Gasteiger partial charge < -0.3 is 19.8 Å². The van der Waals surface area contributed by atoms with Gasteiger partial charge in [0.15, 0.2) is 6.10 Å². The number of amides is 2. The molecule has 7 heteroatoms. The van der Waals surface area contributed by atoms with Crippen LogP contribution in [0, 0.1) is 0 Å². The van der Waals surface area contributed by atoms with Crippen LogP contribution in [0.1, 0.15) is 12.5 Å². The van der Waals surface area contributed by atoms with Crippen molar-refractivity contribution in [1.29, 1.82) is 0 Å². The first kappa shape index (κ1) is 16.8. The van der Waals surface area contributed by atoms with E-state index in [-0.39, 0.29) is 11.8 Å². The average molecular weight is 363 g/mol. The summed E-state index contributed by atoms with van der Waals surface area (Å²) in [5.41, 5.74) is 3.01. The van der Waals surface area contributed by atoms with Gasteiger partial charge in [-0.3, -0.25) is 9.59 Å². The molecule has 7 nitrogen and oxygen atoms in total. The van der Waals surface area contributed by atoms with Gasteiger partial charge in [0, 0.05) is 42.0 Å². The normalized spacial score (nSPS) is 14.9. The third kappa shape index (κ3) is 3.52. The maximum atomic E-state index is 12.6. The summed E-state index contributed by atoms with van der Waals surface area (Å²) in [5.74, 6) is 0.756. The van der Waals surface area contributed by atoms with Crippen molar-refractivity contribution in [2.75, 3.05) is 10.6 Å². The molecule has 1 aromatic carbocycles. The molecule has 0 spiro atoms. The second-order valence-electron chi connectivity index (χ2n) is 6.18. The maximum absolute atomic E-state index is 12.6. The molecule has 136 valence electrons. The summed E-state index contributed by atoms with van der Waals surface area (Å²) in [6.45, 7) is 1.44. The highest BCUT2D eigenvalue weighted by molar-refractivity contribution is 5.96. The first-order chi connectivity index (χ1) is 13.1. The monoisotopic (exact) mass is 363 g/mol. The molecule has 1 aliphatic rings. The first-order valence-corrected chi connectivity index (χ1v) is 8.47. The lowest BCUT2D eigenvalue weighted by Gasteiger charge is -2.11. The Labute approximate surface area is 155 Å². The van der Waals surface area contributed by atoms with Crippen LogP contribution in [0.5, 0.6) is 5.88 Å². The zero-order chi connectivity index (χ0) is 18.8. The van der Waals surface area contributed by atoms with Crippen molar-refractivity contribution >= 4 is 23.2 Å². The third-order valence-corrected chi connectivity index (χ3v) is 4.21. The lowest BCUT2D eigenvalue weighted by molar-refractivity contribution is -0.122. The molecule has 27 heavy (non-hydrogen) atoms. The number of anilines is 2. The molecule has 3 aromatic rings. The van der Waals surface area contributed by atoms with Crippen LogP contribution in [0.25, 0.3) is 11.3 Å². The molecular weight excluding hydrogens is 346 g/mol. The molecule has 1 unspecified atom stereocenters. The van der Waals surface area contributed by atoms with E-state index in [1.165, 1.54) is 6.92 Å². The standard InChI is InChI=1S/C20H17N3O4/c1-12(24)22-13-4-6-14(7-5-13)23-19(25)18-11-16-15(17-3-2-10-26-17)8-9-21-20(16)27-18/h2-10,18H,11H2,1H3,(H,22,24)(H,23,25). The SMILES string of the molecule is CC(=O)Nc1ccc(NC(=O)C2Cc3c(-c4ccco4)ccnc3O2)cc1. The summed E-state index contributed by atoms with van der Waals surface area (Å²) in [6, 6.07) is 12.4. The number of carbonyl (C=O) groups is 2. The number of furan rings is 1. The minimum atomic E-state index is -0.668. The van der Waals surface area contributed by atoms with E-state index >= 15 is 0 Å². The van der Waals surface area contributed by atoms with Crippen molar-refractivity contribution in [3.63, 3.8) is 0 Å². The number of benzene rings is 1. The molecule has 1 aliphatic heterocycles. The van der Waals surface area contributed by atoms with E-state index < -0.39 is 6.10 Å². The molecule has 2 N–H and O–H groups in total. The van der Waals surface area contributed by atoms with Gasteiger partial charge in [0.1, 0.15) is 5.76 Å². The summed E-state index contributed by atoms with van der Waals surface area (Å²) < 4.78 is 11.2. The summed E-state index contributed by atoms with van der Waals surface area (Å²) in [4.78, 5) is 27.9. The number of aromatic nitrogens is 1. The second-order valence-corrected chi connectivity index (χ2v) is 6.18. The Morgan fingerprint density at radius 2 is 1.81 bits per heavy atom. The van der Waals surface area contributed by atoms with Gasteiger partial charge in [-0.2, -0.15) is 0 Å². The molecule has 1 atom stereocenters. The largest absolute Gasteiger partial charge is 0.464 e. The molecule has 0 bridgehead atoms. The molecule has 4 rings (SSSR count). The molecule has 0 saturated heterocycles. The van der Waals surface area contributed by atoms with Crippen LogP contribution >= 0.6 is 0 Å². The van der Waals surface area contributed by atoms with Crippen LogP contribution in [0.4, 0.5) is 11.4 Å². The van der Waals surface area contributed by atoms with E-state index in [0.29, 0.717) is 29.4 Å². The van der Waals surface area contributed by atoms with Crippen molar-refractivity contribution in [1.82, 2.24) is 4.98 Å². The van der Waals surface area contributed by atoms with Crippen LogP contribution in [-0.4, -0.2) is 22.9 Å². The highest BCUT2D eigenvalue weighted by atomic mass is 16.5. The molecule has 2 aromatic heterocycles. The zero-order valence-corrected chi connectivity index (χ0v) is 14.6. The Morgan fingerprint density at radius 3 is 2.48 bits per heavy atom. The molecule has 3 heterocycles. The van der Waals surface area contributed by atoms with Crippen LogP contribution in [0.15, 0.2) is 59.3 Å². The maximum Gasteiger partial charge on any atom is 0.265 e. The number of carbonyl (C=O) groups excluding carboxylic acids is 2. The number of nitrogens with zero attached hydrogens (tertiary/aromatic N) is 1. The van der Waals surface area contributed by atoms with E-state index in [0.717, 1.165) is 11.1 Å². The van der Waals surface area contributed by atoms with E-state index in [1.807, 2.05) is 18.2 Å². The van der Waals surface area contributed by atoms with Crippen molar-refractivity contribution in [2.24, 2.45) is 0 Å². The molecule has 0 aliphatic carbocycles. The first-order valence-electron chi connectivity index (χ1n) is 8.47. The summed E-state index contributed by atoms with van der Waals surface area (Å²) in [5, 5.41) is 5.50. The smallest absolute Gasteiger partial charge is 0.265 e. The van der Waals surface area contributed by atoms with Crippen LogP contribution in [0.3, 0.4) is 0 Å². The average Bonchev–Trinajstić information content (AvgIpc) is 3.32.